The van der Waals surface area contributed by atoms with Crippen LogP contribution in [0.2, 0.25) is 0 Å². The zero-order valence-corrected chi connectivity index (χ0v) is 28.0. The Kier molecular flexibility index (Phi) is 14.0. The first-order valence-electron chi connectivity index (χ1n) is 16.7. The molecular weight excluding hydrogens is 586 g/mol. The van der Waals surface area contributed by atoms with Crippen LogP contribution in [0.1, 0.15) is 48.9 Å². The van der Waals surface area contributed by atoms with E-state index in [4.69, 9.17) is 4.74 Å². The van der Waals surface area contributed by atoms with Crippen molar-refractivity contribution in [2.75, 3.05) is 26.7 Å². The van der Waals surface area contributed by atoms with Crippen LogP contribution >= 0.6 is 0 Å². The molecule has 0 aliphatic heterocycles. The number of aliphatic hydroxyl groups excluding tert-OH is 1. The number of ether oxygens (including phenoxy) is 1. The van der Waals surface area contributed by atoms with Gasteiger partial charge in [-0.15, -0.1) is 0 Å². The SMILES string of the molecule is CCCN(CCC)C(=O)Cc1cc(CC(=O)N[C@@H](Cc2ccccc2)[C@H](O)CNCc2cccc(OC)c2)cc(-c2ccccc2)c1. The van der Waals surface area contributed by atoms with E-state index in [1.807, 2.05) is 102 Å². The minimum Gasteiger partial charge on any atom is -0.497 e. The van der Waals surface area contributed by atoms with Crippen LogP contribution in [0, 0.1) is 0 Å². The molecule has 0 bridgehead atoms. The fourth-order valence-corrected chi connectivity index (χ4v) is 5.84. The van der Waals surface area contributed by atoms with Crippen LogP contribution in [-0.4, -0.2) is 60.7 Å². The second-order valence-corrected chi connectivity index (χ2v) is 12.1. The normalized spacial score (nSPS) is 12.3. The minimum atomic E-state index is -0.822. The maximum absolute atomic E-state index is 13.6. The summed E-state index contributed by atoms with van der Waals surface area (Å²) in [6, 6.07) is 33.2. The third-order valence-corrected chi connectivity index (χ3v) is 8.15. The topological polar surface area (TPSA) is 90.9 Å². The smallest absolute Gasteiger partial charge is 0.226 e. The fourth-order valence-electron chi connectivity index (χ4n) is 5.84. The second-order valence-electron chi connectivity index (χ2n) is 12.1. The van der Waals surface area contributed by atoms with E-state index in [0.29, 0.717) is 19.5 Å². The lowest BCUT2D eigenvalue weighted by atomic mass is 9.96. The molecule has 4 aromatic carbocycles. The predicted octanol–water partition coefficient (Wildman–Crippen LogP) is 5.97. The van der Waals surface area contributed by atoms with E-state index in [0.717, 1.165) is 65.1 Å². The number of rotatable bonds is 18. The van der Waals surface area contributed by atoms with Crippen LogP contribution in [-0.2, 0) is 35.4 Å². The van der Waals surface area contributed by atoms with Crippen molar-refractivity contribution in [3.05, 3.63) is 125 Å². The molecule has 4 rings (SSSR count). The average Bonchev–Trinajstić information content (AvgIpc) is 3.08. The van der Waals surface area contributed by atoms with Gasteiger partial charge in [-0.25, -0.2) is 0 Å². The Hall–Kier alpha value is -4.46. The summed E-state index contributed by atoms with van der Waals surface area (Å²) in [6.45, 7) is 6.50. The molecule has 0 radical (unpaired) electrons. The van der Waals surface area contributed by atoms with Crippen LogP contribution < -0.4 is 15.4 Å². The number of aliphatic hydroxyl groups is 1. The summed E-state index contributed by atoms with van der Waals surface area (Å²) < 4.78 is 5.32. The molecule has 0 saturated carbocycles. The first-order chi connectivity index (χ1) is 22.9. The van der Waals surface area contributed by atoms with Crippen molar-refractivity contribution in [1.82, 2.24) is 15.5 Å². The minimum absolute atomic E-state index is 0.0989. The Labute approximate surface area is 280 Å². The molecule has 0 aliphatic carbocycles. The van der Waals surface area contributed by atoms with Crippen LogP contribution in [0.4, 0.5) is 0 Å². The van der Waals surface area contributed by atoms with Crippen molar-refractivity contribution >= 4 is 11.8 Å². The highest BCUT2D eigenvalue weighted by Crippen LogP contribution is 2.24. The largest absolute Gasteiger partial charge is 0.497 e. The summed E-state index contributed by atoms with van der Waals surface area (Å²) in [5, 5.41) is 17.8. The molecule has 0 spiro atoms. The number of hydrogen-bond donors (Lipinski definition) is 3. The summed E-state index contributed by atoms with van der Waals surface area (Å²) in [5.41, 5.74) is 5.79. The maximum Gasteiger partial charge on any atom is 0.226 e. The number of nitrogens with one attached hydrogen (secondary N) is 2. The van der Waals surface area contributed by atoms with Gasteiger partial charge >= 0.3 is 0 Å². The third-order valence-electron chi connectivity index (χ3n) is 8.15. The van der Waals surface area contributed by atoms with Gasteiger partial charge in [0.1, 0.15) is 5.75 Å². The molecule has 0 fully saturated rings. The third kappa shape index (κ3) is 11.4. The maximum atomic E-state index is 13.6. The van der Waals surface area contributed by atoms with Crippen molar-refractivity contribution in [2.24, 2.45) is 0 Å². The van der Waals surface area contributed by atoms with E-state index in [9.17, 15) is 14.7 Å². The summed E-state index contributed by atoms with van der Waals surface area (Å²) in [5.74, 6) is 0.697. The van der Waals surface area contributed by atoms with Crippen molar-refractivity contribution < 1.29 is 19.4 Å². The van der Waals surface area contributed by atoms with E-state index in [1.165, 1.54) is 0 Å². The Morgan fingerprint density at radius 3 is 2.04 bits per heavy atom. The lowest BCUT2D eigenvalue weighted by molar-refractivity contribution is -0.130. The molecule has 7 nitrogen and oxygen atoms in total. The molecule has 0 aromatic heterocycles. The molecule has 2 atom stereocenters. The van der Waals surface area contributed by atoms with Gasteiger partial charge < -0.3 is 25.4 Å². The molecule has 3 N–H and O–H groups in total. The Bertz CT molecular complexity index is 1540. The highest BCUT2D eigenvalue weighted by molar-refractivity contribution is 5.82. The molecule has 0 unspecified atom stereocenters. The summed E-state index contributed by atoms with van der Waals surface area (Å²) >= 11 is 0. The van der Waals surface area contributed by atoms with E-state index < -0.39 is 12.1 Å². The van der Waals surface area contributed by atoms with Gasteiger partial charge in [-0.05, 0) is 64.8 Å². The van der Waals surface area contributed by atoms with Crippen LogP contribution in [0.15, 0.2) is 103 Å². The molecule has 2 amide bonds. The number of amides is 2. The molecule has 0 aliphatic rings. The van der Waals surface area contributed by atoms with Crippen LogP contribution in [0.25, 0.3) is 11.1 Å². The fraction of sp³-hybridized carbons (Fsp3) is 0.350. The van der Waals surface area contributed by atoms with E-state index in [1.54, 1.807) is 7.11 Å². The summed E-state index contributed by atoms with van der Waals surface area (Å²) in [6.07, 6.45) is 1.90. The van der Waals surface area contributed by atoms with Gasteiger partial charge in [-0.3, -0.25) is 9.59 Å². The zero-order chi connectivity index (χ0) is 33.4. The van der Waals surface area contributed by atoms with Crippen molar-refractivity contribution in [1.29, 1.82) is 0 Å². The standard InChI is InChI=1S/C40H49N3O4/c1-4-19-43(20-5-2)40(46)27-33-21-32(22-35(23-33)34-16-10-7-11-17-34)26-39(45)42-37(25-30-13-8-6-9-14-30)38(44)29-41-28-31-15-12-18-36(24-31)47-3/h6-18,21-24,37-38,41,44H,4-5,19-20,25-29H2,1-3H3,(H,42,45)/t37-,38+/m0/s1. The van der Waals surface area contributed by atoms with E-state index >= 15 is 0 Å². The highest BCUT2D eigenvalue weighted by Gasteiger charge is 2.22. The first kappa shape index (κ1) is 35.4. The first-order valence-corrected chi connectivity index (χ1v) is 16.7. The monoisotopic (exact) mass is 635 g/mol. The Morgan fingerprint density at radius 2 is 1.38 bits per heavy atom. The molecule has 248 valence electrons. The second kappa shape index (κ2) is 18.6. The van der Waals surface area contributed by atoms with Gasteiger partial charge in [0, 0.05) is 26.2 Å². The highest BCUT2D eigenvalue weighted by atomic mass is 16.5. The van der Waals surface area contributed by atoms with Gasteiger partial charge in [0.05, 0.1) is 32.1 Å². The quantitative estimate of drug-likeness (QED) is 0.125. The van der Waals surface area contributed by atoms with Gasteiger partial charge in [0.25, 0.3) is 0 Å². The number of nitrogens with zero attached hydrogens (tertiary/aromatic N) is 1. The van der Waals surface area contributed by atoms with Gasteiger partial charge in [-0.1, -0.05) is 105 Å². The van der Waals surface area contributed by atoms with E-state index in [2.05, 4.69) is 30.5 Å². The summed E-state index contributed by atoms with van der Waals surface area (Å²) in [4.78, 5) is 28.8. The van der Waals surface area contributed by atoms with Crippen molar-refractivity contribution in [3.8, 4) is 16.9 Å². The van der Waals surface area contributed by atoms with Gasteiger partial charge in [0.15, 0.2) is 0 Å². The molecule has 47 heavy (non-hydrogen) atoms. The number of carbonyl (C=O) groups is 2. The van der Waals surface area contributed by atoms with Crippen LogP contribution in [0.5, 0.6) is 5.75 Å². The predicted molar refractivity (Wildman–Crippen MR) is 189 cm³/mol. The molecule has 4 aromatic rings. The van der Waals surface area contributed by atoms with Gasteiger partial charge in [0.2, 0.25) is 11.8 Å². The Morgan fingerprint density at radius 1 is 0.745 bits per heavy atom. The lowest BCUT2D eigenvalue weighted by Gasteiger charge is -2.25. The molecule has 0 saturated heterocycles. The average molecular weight is 636 g/mol. The van der Waals surface area contributed by atoms with Crippen LogP contribution in [0.3, 0.4) is 0 Å². The Balaban J connectivity index is 1.50. The van der Waals surface area contributed by atoms with Crippen molar-refractivity contribution in [3.63, 3.8) is 0 Å². The van der Waals surface area contributed by atoms with Gasteiger partial charge in [-0.2, -0.15) is 0 Å². The summed E-state index contributed by atoms with van der Waals surface area (Å²) in [7, 11) is 1.64. The number of benzene rings is 4. The number of carbonyl (C=O) groups excluding carboxylic acids is 2. The lowest BCUT2D eigenvalue weighted by Crippen LogP contribution is -2.49. The number of hydrogen-bond acceptors (Lipinski definition) is 5. The molecule has 0 heterocycles. The van der Waals surface area contributed by atoms with Crippen molar-refractivity contribution in [2.45, 2.75) is 64.6 Å². The van der Waals surface area contributed by atoms with E-state index in [-0.39, 0.29) is 24.7 Å². The molecule has 7 heteroatoms. The zero-order valence-electron chi connectivity index (χ0n) is 28.0. The molecular formula is C40H49N3O4. The number of methoxy groups -OCH3 is 1.